The molecule has 0 radical (unpaired) electrons. The maximum absolute atomic E-state index is 11.7. The fourth-order valence-corrected chi connectivity index (χ4v) is 2.92. The van der Waals surface area contributed by atoms with Crippen LogP contribution in [0.5, 0.6) is 11.5 Å². The third-order valence-corrected chi connectivity index (χ3v) is 4.29. The zero-order valence-electron chi connectivity index (χ0n) is 15.2. The molecule has 0 bridgehead atoms. The maximum atomic E-state index is 11.7. The quantitative estimate of drug-likeness (QED) is 0.722. The molecule has 0 aliphatic rings. The number of carboxylic acids is 1. The van der Waals surface area contributed by atoms with Gasteiger partial charge in [0.2, 0.25) is 0 Å². The van der Waals surface area contributed by atoms with Crippen LogP contribution in [0, 0.1) is 0 Å². The van der Waals surface area contributed by atoms with Gasteiger partial charge in [-0.15, -0.1) is 0 Å². The average molecular weight is 378 g/mol. The molecule has 0 aromatic heterocycles. The largest absolute Gasteiger partial charge is 0.493 e. The van der Waals surface area contributed by atoms with E-state index in [1.807, 2.05) is 49.3 Å². The summed E-state index contributed by atoms with van der Waals surface area (Å²) in [4.78, 5) is 13.7. The molecule has 1 N–H and O–H groups in total. The van der Waals surface area contributed by atoms with E-state index >= 15 is 0 Å². The van der Waals surface area contributed by atoms with Gasteiger partial charge in [0, 0.05) is 6.54 Å². The number of likely N-dealkylation sites (N-methyl/N-ethyl adjacent to an activating group) is 1. The van der Waals surface area contributed by atoms with E-state index in [0.29, 0.717) is 29.5 Å². The van der Waals surface area contributed by atoms with Gasteiger partial charge in [0.25, 0.3) is 0 Å². The minimum atomic E-state index is -0.877. The number of rotatable bonds is 9. The van der Waals surface area contributed by atoms with Crippen LogP contribution in [-0.4, -0.2) is 50.3 Å². The Hall–Kier alpha value is -2.24. The molecule has 2 rings (SSSR count). The molecule has 2 aromatic rings. The van der Waals surface area contributed by atoms with E-state index in [1.54, 1.807) is 19.2 Å². The van der Waals surface area contributed by atoms with Crippen LogP contribution in [0.15, 0.2) is 42.5 Å². The number of carboxylic acid groups (broad SMARTS) is 1. The Bertz CT molecular complexity index is 734. The van der Waals surface area contributed by atoms with Crippen molar-refractivity contribution in [2.24, 2.45) is 0 Å². The Balaban J connectivity index is 2.24. The van der Waals surface area contributed by atoms with Gasteiger partial charge >= 0.3 is 5.97 Å². The van der Waals surface area contributed by atoms with Crippen LogP contribution in [0.4, 0.5) is 0 Å². The Kier molecular flexibility index (Phi) is 7.30. The zero-order chi connectivity index (χ0) is 19.1. The second-order valence-electron chi connectivity index (χ2n) is 6.27. The third kappa shape index (κ3) is 5.38. The van der Waals surface area contributed by atoms with Crippen LogP contribution in [0.1, 0.15) is 17.0 Å². The standard InChI is InChI=1S/C20H24ClNO4/c1-22(2)9-10-26-19-17(21)12-14(13-18(19)25-3)11-16(20(23)24)15-7-5-4-6-8-15/h4-8,12-13,16H,9-11H2,1-3H3,(H,23,24). The first-order valence-electron chi connectivity index (χ1n) is 8.34. The number of carbonyl (C=O) groups is 1. The molecule has 0 aliphatic heterocycles. The number of hydrogen-bond donors (Lipinski definition) is 1. The van der Waals surface area contributed by atoms with Gasteiger partial charge in [-0.2, -0.15) is 0 Å². The Labute approximate surface area is 159 Å². The highest BCUT2D eigenvalue weighted by molar-refractivity contribution is 6.32. The lowest BCUT2D eigenvalue weighted by Gasteiger charge is -2.17. The summed E-state index contributed by atoms with van der Waals surface area (Å²) in [7, 11) is 5.46. The SMILES string of the molecule is COc1cc(CC(C(=O)O)c2ccccc2)cc(Cl)c1OCCN(C)C. The number of methoxy groups -OCH3 is 1. The number of hydrogen-bond acceptors (Lipinski definition) is 4. The number of aliphatic carboxylic acids is 1. The number of nitrogens with zero attached hydrogens (tertiary/aromatic N) is 1. The van der Waals surface area contributed by atoms with Gasteiger partial charge in [0.15, 0.2) is 11.5 Å². The summed E-state index contributed by atoms with van der Waals surface area (Å²) in [6.07, 6.45) is 0.313. The molecule has 26 heavy (non-hydrogen) atoms. The van der Waals surface area contributed by atoms with Crippen molar-refractivity contribution in [3.63, 3.8) is 0 Å². The fraction of sp³-hybridized carbons (Fsp3) is 0.350. The summed E-state index contributed by atoms with van der Waals surface area (Å²) in [5.41, 5.74) is 1.53. The molecular weight excluding hydrogens is 354 g/mol. The van der Waals surface area contributed by atoms with E-state index in [-0.39, 0.29) is 0 Å². The van der Waals surface area contributed by atoms with Gasteiger partial charge in [-0.25, -0.2) is 0 Å². The minimum Gasteiger partial charge on any atom is -0.493 e. The van der Waals surface area contributed by atoms with Crippen molar-refractivity contribution in [2.45, 2.75) is 12.3 Å². The van der Waals surface area contributed by atoms with E-state index in [9.17, 15) is 9.90 Å². The second-order valence-corrected chi connectivity index (χ2v) is 6.67. The summed E-state index contributed by atoms with van der Waals surface area (Å²) in [5, 5.41) is 10.0. The van der Waals surface area contributed by atoms with Crippen LogP contribution >= 0.6 is 11.6 Å². The highest BCUT2D eigenvalue weighted by Gasteiger charge is 2.22. The summed E-state index contributed by atoms with van der Waals surface area (Å²) in [5.74, 6) is -0.551. The fourth-order valence-electron chi connectivity index (χ4n) is 2.63. The first-order chi connectivity index (χ1) is 12.4. The normalized spacial score (nSPS) is 12.0. The first kappa shape index (κ1) is 20.1. The van der Waals surface area contributed by atoms with Crippen LogP contribution in [0.2, 0.25) is 5.02 Å². The van der Waals surface area contributed by atoms with Gasteiger partial charge in [-0.3, -0.25) is 4.79 Å². The molecule has 0 saturated carbocycles. The van der Waals surface area contributed by atoms with Crippen molar-refractivity contribution < 1.29 is 19.4 Å². The highest BCUT2D eigenvalue weighted by Crippen LogP contribution is 2.37. The zero-order valence-corrected chi connectivity index (χ0v) is 16.0. The van der Waals surface area contributed by atoms with Crippen LogP contribution in [0.3, 0.4) is 0 Å². The van der Waals surface area contributed by atoms with Crippen LogP contribution in [-0.2, 0) is 11.2 Å². The summed E-state index contributed by atoms with van der Waals surface area (Å²) in [6, 6.07) is 12.7. The van der Waals surface area contributed by atoms with Gasteiger partial charge in [0.1, 0.15) is 6.61 Å². The van der Waals surface area contributed by atoms with Gasteiger partial charge in [-0.1, -0.05) is 41.9 Å². The van der Waals surface area contributed by atoms with Crippen LogP contribution in [0.25, 0.3) is 0 Å². The maximum Gasteiger partial charge on any atom is 0.311 e. The van der Waals surface area contributed by atoms with Crippen LogP contribution < -0.4 is 9.47 Å². The molecule has 1 unspecified atom stereocenters. The lowest BCUT2D eigenvalue weighted by atomic mass is 9.92. The van der Waals surface area contributed by atoms with E-state index in [2.05, 4.69) is 0 Å². The second kappa shape index (κ2) is 9.46. The monoisotopic (exact) mass is 377 g/mol. The molecule has 0 fully saturated rings. The highest BCUT2D eigenvalue weighted by atomic mass is 35.5. The number of benzene rings is 2. The predicted molar refractivity (Wildman–Crippen MR) is 103 cm³/mol. The van der Waals surface area contributed by atoms with Crippen molar-refractivity contribution >= 4 is 17.6 Å². The average Bonchev–Trinajstić information content (AvgIpc) is 2.61. The topological polar surface area (TPSA) is 59.0 Å². The molecule has 140 valence electrons. The molecule has 0 aliphatic carbocycles. The molecule has 0 spiro atoms. The van der Waals surface area contributed by atoms with Crippen molar-refractivity contribution in [1.29, 1.82) is 0 Å². The first-order valence-corrected chi connectivity index (χ1v) is 8.72. The van der Waals surface area contributed by atoms with E-state index in [1.165, 1.54) is 0 Å². The predicted octanol–water partition coefficient (Wildman–Crippen LogP) is 3.70. The Morgan fingerprint density at radius 3 is 2.50 bits per heavy atom. The third-order valence-electron chi connectivity index (χ3n) is 4.01. The van der Waals surface area contributed by atoms with E-state index in [0.717, 1.165) is 17.7 Å². The molecular formula is C20H24ClNO4. The van der Waals surface area contributed by atoms with Crippen molar-refractivity contribution in [2.75, 3.05) is 34.4 Å². The van der Waals surface area contributed by atoms with Crippen molar-refractivity contribution in [3.05, 3.63) is 58.6 Å². The minimum absolute atomic E-state index is 0.313. The molecule has 0 amide bonds. The van der Waals surface area contributed by atoms with E-state index in [4.69, 9.17) is 21.1 Å². The molecule has 0 heterocycles. The number of ether oxygens (including phenoxy) is 2. The summed E-state index contributed by atoms with van der Waals surface area (Å²) < 4.78 is 11.1. The van der Waals surface area contributed by atoms with Gasteiger partial charge in [-0.05, 0) is 43.8 Å². The van der Waals surface area contributed by atoms with Crippen molar-refractivity contribution in [3.8, 4) is 11.5 Å². The van der Waals surface area contributed by atoms with Gasteiger partial charge < -0.3 is 19.5 Å². The lowest BCUT2D eigenvalue weighted by molar-refractivity contribution is -0.138. The summed E-state index contributed by atoms with van der Waals surface area (Å²) >= 11 is 6.37. The Morgan fingerprint density at radius 1 is 1.23 bits per heavy atom. The van der Waals surface area contributed by atoms with Crippen molar-refractivity contribution in [1.82, 2.24) is 4.90 Å². The summed E-state index contributed by atoms with van der Waals surface area (Å²) in [6.45, 7) is 1.22. The Morgan fingerprint density at radius 2 is 1.92 bits per heavy atom. The van der Waals surface area contributed by atoms with Gasteiger partial charge in [0.05, 0.1) is 18.1 Å². The molecule has 0 saturated heterocycles. The molecule has 2 aromatic carbocycles. The number of halogens is 1. The smallest absolute Gasteiger partial charge is 0.311 e. The molecule has 5 nitrogen and oxygen atoms in total. The van der Waals surface area contributed by atoms with E-state index < -0.39 is 11.9 Å². The molecule has 1 atom stereocenters. The molecule has 6 heteroatoms. The lowest BCUT2D eigenvalue weighted by Crippen LogP contribution is -2.19.